The average Bonchev–Trinajstić information content (AvgIpc) is 3.20. The van der Waals surface area contributed by atoms with Crippen molar-refractivity contribution in [3.05, 3.63) is 89.9 Å². The molecule has 1 atom stereocenters. The number of halogens is 7. The monoisotopic (exact) mass is 483 g/mol. The van der Waals surface area contributed by atoms with Gasteiger partial charge in [-0.2, -0.15) is 31.4 Å². The van der Waals surface area contributed by atoms with Gasteiger partial charge in [-0.15, -0.1) is 0 Å². The zero-order valence-electron chi connectivity index (χ0n) is 17.1. The van der Waals surface area contributed by atoms with Gasteiger partial charge in [-0.25, -0.2) is 9.07 Å². The van der Waals surface area contributed by atoms with Crippen molar-refractivity contribution in [3.63, 3.8) is 0 Å². The van der Waals surface area contributed by atoms with E-state index >= 15 is 0 Å². The highest BCUT2D eigenvalue weighted by molar-refractivity contribution is 5.81. The molecule has 0 aliphatic heterocycles. The Bertz CT molecular complexity index is 1310. The van der Waals surface area contributed by atoms with Gasteiger partial charge in [-0.05, 0) is 60.2 Å². The second-order valence-electron chi connectivity index (χ2n) is 7.60. The van der Waals surface area contributed by atoms with Crippen molar-refractivity contribution in [3.8, 4) is 5.69 Å². The third-order valence-electron chi connectivity index (χ3n) is 5.32. The fourth-order valence-corrected chi connectivity index (χ4v) is 3.48. The van der Waals surface area contributed by atoms with Gasteiger partial charge in [0.15, 0.2) is 0 Å². The first-order chi connectivity index (χ1) is 15.9. The third-order valence-corrected chi connectivity index (χ3v) is 5.32. The van der Waals surface area contributed by atoms with E-state index in [2.05, 4.69) is 10.4 Å². The van der Waals surface area contributed by atoms with Crippen LogP contribution in [0.4, 0.5) is 36.4 Å². The first kappa shape index (κ1) is 23.6. The number of alkyl halides is 6. The van der Waals surface area contributed by atoms with E-state index < -0.39 is 41.4 Å². The Morgan fingerprint density at radius 1 is 0.853 bits per heavy atom. The average molecular weight is 483 g/mol. The molecule has 1 heterocycles. The molecule has 0 fully saturated rings. The summed E-state index contributed by atoms with van der Waals surface area (Å²) in [7, 11) is 0. The normalized spacial score (nSPS) is 14.2. The van der Waals surface area contributed by atoms with Gasteiger partial charge in [0.2, 0.25) is 5.60 Å². The SMILES string of the molecule is OC(CNc1cccc(C(F)(F)F)c1)(c1ccc2c(cnn2-c2ccc(F)cc2)c1)C(F)(F)F. The molecular formula is C23H16F7N3O. The number of benzene rings is 3. The predicted octanol–water partition coefficient (Wildman–Crippen LogP) is 6.05. The van der Waals surface area contributed by atoms with Crippen LogP contribution in [0.2, 0.25) is 0 Å². The molecule has 0 bridgehead atoms. The number of fused-ring (bicyclic) bond motifs is 1. The molecule has 178 valence electrons. The summed E-state index contributed by atoms with van der Waals surface area (Å²) in [4.78, 5) is 0. The molecule has 4 nitrogen and oxygen atoms in total. The van der Waals surface area contributed by atoms with E-state index in [1.807, 2.05) is 0 Å². The van der Waals surface area contributed by atoms with Crippen LogP contribution >= 0.6 is 0 Å². The van der Waals surface area contributed by atoms with Crippen molar-refractivity contribution < 1.29 is 35.8 Å². The fourth-order valence-electron chi connectivity index (χ4n) is 3.48. The number of hydrogen-bond acceptors (Lipinski definition) is 3. The van der Waals surface area contributed by atoms with E-state index in [9.17, 15) is 35.8 Å². The summed E-state index contributed by atoms with van der Waals surface area (Å²) < 4.78 is 95.1. The van der Waals surface area contributed by atoms with Crippen LogP contribution in [-0.2, 0) is 11.8 Å². The lowest BCUT2D eigenvalue weighted by atomic mass is 9.92. The maximum atomic E-state index is 13.9. The summed E-state index contributed by atoms with van der Waals surface area (Å²) in [6, 6.07) is 12.5. The topological polar surface area (TPSA) is 50.1 Å². The molecule has 0 spiro atoms. The van der Waals surface area contributed by atoms with Crippen molar-refractivity contribution in [1.82, 2.24) is 9.78 Å². The predicted molar refractivity (Wildman–Crippen MR) is 111 cm³/mol. The Morgan fingerprint density at radius 2 is 1.56 bits per heavy atom. The number of nitrogens with zero attached hydrogens (tertiary/aromatic N) is 2. The van der Waals surface area contributed by atoms with Crippen LogP contribution in [-0.4, -0.2) is 27.6 Å². The van der Waals surface area contributed by atoms with Gasteiger partial charge >= 0.3 is 12.4 Å². The molecule has 0 amide bonds. The van der Waals surface area contributed by atoms with Crippen LogP contribution in [0.3, 0.4) is 0 Å². The molecule has 34 heavy (non-hydrogen) atoms. The quantitative estimate of drug-likeness (QED) is 0.340. The maximum absolute atomic E-state index is 13.9. The van der Waals surface area contributed by atoms with Crippen molar-refractivity contribution in [2.24, 2.45) is 0 Å². The van der Waals surface area contributed by atoms with Crippen molar-refractivity contribution in [2.45, 2.75) is 18.0 Å². The molecule has 4 aromatic rings. The summed E-state index contributed by atoms with van der Waals surface area (Å²) in [6.07, 6.45) is -8.53. The lowest BCUT2D eigenvalue weighted by Gasteiger charge is -2.31. The standard InChI is InChI=1S/C23H16F7N3O/c24-17-5-7-19(8-6-17)33-20-9-4-15(10-14(20)12-32-33)21(34,23(28,29)30)13-31-18-3-1-2-16(11-18)22(25,26)27/h1-12,31,34H,13H2. The van der Waals surface area contributed by atoms with Crippen LogP contribution < -0.4 is 5.32 Å². The van der Waals surface area contributed by atoms with E-state index in [4.69, 9.17) is 0 Å². The highest BCUT2D eigenvalue weighted by Crippen LogP contribution is 2.40. The van der Waals surface area contributed by atoms with Crippen molar-refractivity contribution in [1.29, 1.82) is 0 Å². The molecule has 0 aliphatic carbocycles. The summed E-state index contributed by atoms with van der Waals surface area (Å²) in [6.45, 7) is -1.13. The number of rotatable bonds is 5. The van der Waals surface area contributed by atoms with Crippen LogP contribution in [0.5, 0.6) is 0 Å². The largest absolute Gasteiger partial charge is 0.423 e. The van der Waals surface area contributed by atoms with Gasteiger partial charge in [-0.3, -0.25) is 0 Å². The van der Waals surface area contributed by atoms with E-state index in [1.54, 1.807) is 0 Å². The molecule has 1 aromatic heterocycles. The van der Waals surface area contributed by atoms with Crippen molar-refractivity contribution >= 4 is 16.6 Å². The Balaban J connectivity index is 1.67. The molecule has 0 radical (unpaired) electrons. The zero-order valence-corrected chi connectivity index (χ0v) is 17.1. The van der Waals surface area contributed by atoms with Crippen molar-refractivity contribution in [2.75, 3.05) is 11.9 Å². The molecule has 4 rings (SSSR count). The van der Waals surface area contributed by atoms with Gasteiger partial charge in [0.1, 0.15) is 5.82 Å². The minimum atomic E-state index is -5.15. The fraction of sp³-hybridized carbons (Fsp3) is 0.174. The number of anilines is 1. The van der Waals surface area contributed by atoms with Gasteiger partial charge in [-0.1, -0.05) is 12.1 Å². The Hall–Kier alpha value is -3.60. The first-order valence-corrected chi connectivity index (χ1v) is 9.83. The third kappa shape index (κ3) is 4.43. The molecule has 11 heteroatoms. The van der Waals surface area contributed by atoms with Crippen LogP contribution in [0.15, 0.2) is 72.9 Å². The number of aliphatic hydroxyl groups is 1. The molecule has 0 aliphatic rings. The molecule has 3 aromatic carbocycles. The lowest BCUT2D eigenvalue weighted by molar-refractivity contribution is -0.260. The summed E-state index contributed by atoms with van der Waals surface area (Å²) in [5.41, 5.74) is -4.32. The summed E-state index contributed by atoms with van der Waals surface area (Å²) in [5.74, 6) is -0.467. The van der Waals surface area contributed by atoms with E-state index in [0.29, 0.717) is 17.3 Å². The minimum absolute atomic E-state index is 0.234. The van der Waals surface area contributed by atoms with Gasteiger partial charge < -0.3 is 10.4 Å². The molecule has 0 saturated carbocycles. The molecule has 0 saturated heterocycles. The Morgan fingerprint density at radius 3 is 2.21 bits per heavy atom. The zero-order chi connectivity index (χ0) is 24.7. The molecule has 2 N–H and O–H groups in total. The van der Waals surface area contributed by atoms with Gasteiger partial charge in [0.05, 0.1) is 29.5 Å². The maximum Gasteiger partial charge on any atom is 0.423 e. The summed E-state index contributed by atoms with van der Waals surface area (Å²) in [5, 5.41) is 17.3. The number of hydrogen-bond donors (Lipinski definition) is 2. The van der Waals surface area contributed by atoms with Crippen LogP contribution in [0.1, 0.15) is 11.1 Å². The van der Waals surface area contributed by atoms with Crippen LogP contribution in [0.25, 0.3) is 16.6 Å². The van der Waals surface area contributed by atoms with E-state index in [0.717, 1.165) is 24.3 Å². The highest BCUT2D eigenvalue weighted by atomic mass is 19.4. The smallest absolute Gasteiger partial charge is 0.381 e. The minimum Gasteiger partial charge on any atom is -0.381 e. The molecular weight excluding hydrogens is 467 g/mol. The Labute approximate surface area is 188 Å². The summed E-state index contributed by atoms with van der Waals surface area (Å²) >= 11 is 0. The second kappa shape index (κ2) is 8.32. The number of nitrogens with one attached hydrogen (secondary N) is 1. The second-order valence-corrected chi connectivity index (χ2v) is 7.60. The van der Waals surface area contributed by atoms with Gasteiger partial charge in [0.25, 0.3) is 0 Å². The Kier molecular flexibility index (Phi) is 5.76. The first-order valence-electron chi connectivity index (χ1n) is 9.83. The van der Waals surface area contributed by atoms with Gasteiger partial charge in [0, 0.05) is 11.1 Å². The van der Waals surface area contributed by atoms with Crippen LogP contribution in [0, 0.1) is 5.82 Å². The highest BCUT2D eigenvalue weighted by Gasteiger charge is 2.55. The lowest BCUT2D eigenvalue weighted by Crippen LogP contribution is -2.47. The van der Waals surface area contributed by atoms with E-state index in [1.165, 1.54) is 47.3 Å². The van der Waals surface area contributed by atoms with E-state index in [-0.39, 0.29) is 11.1 Å². The number of aromatic nitrogens is 2. The molecule has 1 unspecified atom stereocenters.